The van der Waals surface area contributed by atoms with Crippen molar-refractivity contribution in [1.29, 1.82) is 0 Å². The molecule has 5 heteroatoms. The van der Waals surface area contributed by atoms with E-state index in [1.165, 1.54) is 24.2 Å². The van der Waals surface area contributed by atoms with Gasteiger partial charge in [-0.3, -0.25) is 9.59 Å². The fourth-order valence-electron chi connectivity index (χ4n) is 2.26. The van der Waals surface area contributed by atoms with Crippen molar-refractivity contribution in [2.75, 3.05) is 19.6 Å². The van der Waals surface area contributed by atoms with Crippen molar-refractivity contribution < 1.29 is 9.59 Å². The van der Waals surface area contributed by atoms with E-state index in [0.29, 0.717) is 18.5 Å². The third-order valence-electron chi connectivity index (χ3n) is 3.37. The number of nitrogens with one attached hydrogen (secondary N) is 1. The van der Waals surface area contributed by atoms with E-state index < -0.39 is 0 Å². The molecule has 0 aliphatic carbocycles. The van der Waals surface area contributed by atoms with Gasteiger partial charge in [-0.15, -0.1) is 0 Å². The van der Waals surface area contributed by atoms with Crippen LogP contribution in [0.1, 0.15) is 42.5 Å². The molecule has 0 aromatic carbocycles. The van der Waals surface area contributed by atoms with Crippen LogP contribution in [0.25, 0.3) is 0 Å². The van der Waals surface area contributed by atoms with Crippen LogP contribution < -0.4 is 5.32 Å². The van der Waals surface area contributed by atoms with E-state index in [4.69, 9.17) is 0 Å². The van der Waals surface area contributed by atoms with Gasteiger partial charge in [-0.2, -0.15) is 11.3 Å². The Balaban J connectivity index is 1.70. The number of rotatable bonds is 4. The third-order valence-corrected chi connectivity index (χ3v) is 4.05. The first-order valence-electron chi connectivity index (χ1n) is 6.85. The molecule has 2 amide bonds. The minimum atomic E-state index is -0.0927. The molecule has 2 rings (SSSR count). The summed E-state index contributed by atoms with van der Waals surface area (Å²) in [6.45, 7) is 2.17. The number of carbonyl (C=O) groups excluding carboxylic acids is 2. The first kappa shape index (κ1) is 14.1. The van der Waals surface area contributed by atoms with Crippen LogP contribution in [0.2, 0.25) is 0 Å². The summed E-state index contributed by atoms with van der Waals surface area (Å²) in [5, 5.41) is 6.47. The van der Waals surface area contributed by atoms with Crippen LogP contribution in [0.15, 0.2) is 16.8 Å². The lowest BCUT2D eigenvalue weighted by molar-refractivity contribution is -0.131. The highest BCUT2D eigenvalue weighted by atomic mass is 32.1. The van der Waals surface area contributed by atoms with Crippen molar-refractivity contribution in [2.45, 2.75) is 32.1 Å². The Morgan fingerprint density at radius 3 is 2.58 bits per heavy atom. The standard InChI is InChI=1S/C14H20N2O2S/c17-13(16-8-3-1-2-4-9-16)5-7-15-14(18)12-6-10-19-11-12/h6,10-11H,1-5,7-9H2,(H,15,18). The van der Waals surface area contributed by atoms with Crippen LogP contribution in [-0.2, 0) is 4.79 Å². The molecule has 1 saturated heterocycles. The van der Waals surface area contributed by atoms with Crippen molar-refractivity contribution in [2.24, 2.45) is 0 Å². The number of amides is 2. The molecule has 1 aliphatic heterocycles. The summed E-state index contributed by atoms with van der Waals surface area (Å²) in [6.07, 6.45) is 5.05. The highest BCUT2D eigenvalue weighted by Gasteiger charge is 2.15. The van der Waals surface area contributed by atoms with Gasteiger partial charge in [0.05, 0.1) is 0 Å². The Morgan fingerprint density at radius 2 is 1.95 bits per heavy atom. The largest absolute Gasteiger partial charge is 0.351 e. The maximum absolute atomic E-state index is 12.0. The Hall–Kier alpha value is -1.36. The average Bonchev–Trinajstić information content (AvgIpc) is 2.81. The maximum Gasteiger partial charge on any atom is 0.252 e. The molecule has 2 heterocycles. The van der Waals surface area contributed by atoms with Gasteiger partial charge in [-0.25, -0.2) is 0 Å². The fraction of sp³-hybridized carbons (Fsp3) is 0.571. The Morgan fingerprint density at radius 1 is 1.21 bits per heavy atom. The zero-order valence-electron chi connectivity index (χ0n) is 11.1. The molecule has 0 saturated carbocycles. The van der Waals surface area contributed by atoms with Crippen LogP contribution in [0.3, 0.4) is 0 Å². The molecule has 19 heavy (non-hydrogen) atoms. The molecule has 104 valence electrons. The molecule has 0 bridgehead atoms. The quantitative estimate of drug-likeness (QED) is 0.920. The van der Waals surface area contributed by atoms with E-state index in [9.17, 15) is 9.59 Å². The van der Waals surface area contributed by atoms with E-state index in [-0.39, 0.29) is 11.8 Å². The molecule has 0 atom stereocenters. The first-order valence-corrected chi connectivity index (χ1v) is 7.80. The highest BCUT2D eigenvalue weighted by Crippen LogP contribution is 2.10. The molecule has 1 fully saturated rings. The van der Waals surface area contributed by atoms with E-state index in [1.807, 2.05) is 15.7 Å². The summed E-state index contributed by atoms with van der Waals surface area (Å²) >= 11 is 1.50. The van der Waals surface area contributed by atoms with Crippen LogP contribution in [0, 0.1) is 0 Å². The zero-order chi connectivity index (χ0) is 13.5. The lowest BCUT2D eigenvalue weighted by Gasteiger charge is -2.20. The Bertz CT molecular complexity index is 409. The minimum Gasteiger partial charge on any atom is -0.351 e. The zero-order valence-corrected chi connectivity index (χ0v) is 11.9. The van der Waals surface area contributed by atoms with Gasteiger partial charge in [0.15, 0.2) is 0 Å². The summed E-state index contributed by atoms with van der Waals surface area (Å²) < 4.78 is 0. The second-order valence-corrected chi connectivity index (χ2v) is 5.59. The van der Waals surface area contributed by atoms with Crippen molar-refractivity contribution in [1.82, 2.24) is 10.2 Å². The Labute approximate surface area is 117 Å². The average molecular weight is 280 g/mol. The summed E-state index contributed by atoms with van der Waals surface area (Å²) in [4.78, 5) is 25.6. The normalized spacial score (nSPS) is 15.9. The smallest absolute Gasteiger partial charge is 0.252 e. The van der Waals surface area contributed by atoms with E-state index in [0.717, 1.165) is 25.9 Å². The van der Waals surface area contributed by atoms with E-state index in [1.54, 1.807) is 6.07 Å². The number of hydrogen-bond donors (Lipinski definition) is 1. The summed E-state index contributed by atoms with van der Waals surface area (Å²) in [6, 6.07) is 1.79. The first-order chi connectivity index (χ1) is 9.27. The summed E-state index contributed by atoms with van der Waals surface area (Å²) in [7, 11) is 0. The molecule has 1 aromatic heterocycles. The van der Waals surface area contributed by atoms with Crippen molar-refractivity contribution >= 4 is 23.2 Å². The molecule has 1 aliphatic rings. The van der Waals surface area contributed by atoms with Crippen LogP contribution in [0.4, 0.5) is 0 Å². The third kappa shape index (κ3) is 4.35. The van der Waals surface area contributed by atoms with Gasteiger partial charge in [0.25, 0.3) is 5.91 Å². The number of hydrogen-bond acceptors (Lipinski definition) is 3. The molecular weight excluding hydrogens is 260 g/mol. The number of thiophene rings is 1. The van der Waals surface area contributed by atoms with Crippen LogP contribution in [0.5, 0.6) is 0 Å². The lowest BCUT2D eigenvalue weighted by Crippen LogP contribution is -2.35. The Kier molecular flexibility index (Phi) is 5.39. The van der Waals surface area contributed by atoms with Crippen LogP contribution >= 0.6 is 11.3 Å². The predicted molar refractivity (Wildman–Crippen MR) is 76.3 cm³/mol. The number of nitrogens with zero attached hydrogens (tertiary/aromatic N) is 1. The van der Waals surface area contributed by atoms with Gasteiger partial charge in [0, 0.05) is 37.0 Å². The molecular formula is C14H20N2O2S. The van der Waals surface area contributed by atoms with E-state index >= 15 is 0 Å². The molecule has 0 radical (unpaired) electrons. The van der Waals surface area contributed by atoms with Gasteiger partial charge in [0.1, 0.15) is 0 Å². The molecule has 0 spiro atoms. The number of carbonyl (C=O) groups is 2. The second-order valence-electron chi connectivity index (χ2n) is 4.81. The molecule has 1 aromatic rings. The van der Waals surface area contributed by atoms with Gasteiger partial charge in [-0.1, -0.05) is 12.8 Å². The van der Waals surface area contributed by atoms with Gasteiger partial charge < -0.3 is 10.2 Å². The van der Waals surface area contributed by atoms with Crippen LogP contribution in [-0.4, -0.2) is 36.3 Å². The molecule has 1 N–H and O–H groups in total. The minimum absolute atomic E-state index is 0.0927. The van der Waals surface area contributed by atoms with Crippen molar-refractivity contribution in [3.05, 3.63) is 22.4 Å². The molecule has 4 nitrogen and oxygen atoms in total. The monoisotopic (exact) mass is 280 g/mol. The second kappa shape index (κ2) is 7.28. The predicted octanol–water partition coefficient (Wildman–Crippen LogP) is 2.27. The van der Waals surface area contributed by atoms with E-state index in [2.05, 4.69) is 5.32 Å². The summed E-state index contributed by atoms with van der Waals surface area (Å²) in [5.74, 6) is 0.0671. The topological polar surface area (TPSA) is 49.4 Å². The van der Waals surface area contributed by atoms with Gasteiger partial charge in [0.2, 0.25) is 5.91 Å². The van der Waals surface area contributed by atoms with Crippen molar-refractivity contribution in [3.63, 3.8) is 0 Å². The fourth-order valence-corrected chi connectivity index (χ4v) is 2.89. The maximum atomic E-state index is 12.0. The van der Waals surface area contributed by atoms with Gasteiger partial charge >= 0.3 is 0 Å². The summed E-state index contributed by atoms with van der Waals surface area (Å²) in [5.41, 5.74) is 0.673. The SMILES string of the molecule is O=C(NCCC(=O)N1CCCCCC1)c1ccsc1. The lowest BCUT2D eigenvalue weighted by atomic mass is 10.2. The number of likely N-dealkylation sites (tertiary alicyclic amines) is 1. The molecule has 0 unspecified atom stereocenters. The highest BCUT2D eigenvalue weighted by molar-refractivity contribution is 7.08. The van der Waals surface area contributed by atoms with Gasteiger partial charge in [-0.05, 0) is 24.3 Å². The van der Waals surface area contributed by atoms with Crippen molar-refractivity contribution in [3.8, 4) is 0 Å².